The van der Waals surface area contributed by atoms with Gasteiger partial charge in [0.15, 0.2) is 0 Å². The smallest absolute Gasteiger partial charge is 0.306 e. The highest BCUT2D eigenvalue weighted by Gasteiger charge is 2.27. The lowest BCUT2D eigenvalue weighted by Gasteiger charge is -2.28. The zero-order valence-electron chi connectivity index (χ0n) is 11.0. The Balaban J connectivity index is 1.69. The summed E-state index contributed by atoms with van der Waals surface area (Å²) in [6.07, 6.45) is 2.39. The molecule has 2 N–H and O–H groups in total. The van der Waals surface area contributed by atoms with E-state index in [4.69, 9.17) is 5.11 Å². The summed E-state index contributed by atoms with van der Waals surface area (Å²) in [5, 5.41) is 16.8. The van der Waals surface area contributed by atoms with Crippen molar-refractivity contribution < 1.29 is 9.90 Å². The Bertz CT molecular complexity index is 478. The summed E-state index contributed by atoms with van der Waals surface area (Å²) in [6.45, 7) is 4.46. The zero-order chi connectivity index (χ0) is 13.4. The van der Waals surface area contributed by atoms with E-state index in [2.05, 4.69) is 27.2 Å². The van der Waals surface area contributed by atoms with Crippen molar-refractivity contribution in [2.24, 2.45) is 5.92 Å². The molecule has 1 aromatic rings. The van der Waals surface area contributed by atoms with Crippen molar-refractivity contribution in [3.8, 4) is 0 Å². The molecule has 0 saturated carbocycles. The Kier molecular flexibility index (Phi) is 3.04. The molecule has 0 amide bonds. The van der Waals surface area contributed by atoms with E-state index in [1.807, 2.05) is 4.68 Å². The Morgan fingerprint density at radius 2 is 2.05 bits per heavy atom. The fourth-order valence-electron chi connectivity index (χ4n) is 2.66. The number of aryl methyl sites for hydroxylation is 1. The van der Waals surface area contributed by atoms with E-state index in [0.29, 0.717) is 18.9 Å². The number of anilines is 2. The van der Waals surface area contributed by atoms with Crippen LogP contribution in [-0.2, 0) is 11.3 Å². The highest BCUT2D eigenvalue weighted by atomic mass is 16.4. The molecule has 1 atom stereocenters. The Morgan fingerprint density at radius 3 is 2.74 bits per heavy atom. The van der Waals surface area contributed by atoms with Gasteiger partial charge < -0.3 is 15.3 Å². The summed E-state index contributed by atoms with van der Waals surface area (Å²) in [7, 11) is 0. The number of hydrogen-bond acceptors (Lipinski definition) is 5. The van der Waals surface area contributed by atoms with Gasteiger partial charge in [-0.3, -0.25) is 4.79 Å². The van der Waals surface area contributed by atoms with E-state index in [1.165, 1.54) is 0 Å². The second kappa shape index (κ2) is 4.71. The van der Waals surface area contributed by atoms with Crippen LogP contribution in [0.2, 0.25) is 0 Å². The second-order valence-electron chi connectivity index (χ2n) is 5.39. The number of nitrogens with zero attached hydrogens (tertiary/aromatic N) is 4. The molecule has 7 heteroatoms. The number of rotatable bonds is 2. The summed E-state index contributed by atoms with van der Waals surface area (Å²) in [5.74, 6) is 0.647. The second-order valence-corrected chi connectivity index (χ2v) is 5.39. The minimum absolute atomic E-state index is 0.216. The van der Waals surface area contributed by atoms with Gasteiger partial charge in [0.25, 0.3) is 0 Å². The molecule has 0 spiro atoms. The molecular formula is C12H19N5O2. The SMILES string of the molecule is CC1CCn2nc(N3CCC(C(=O)O)CC3)nc2N1. The van der Waals surface area contributed by atoms with Crippen LogP contribution >= 0.6 is 0 Å². The first-order valence-electron chi connectivity index (χ1n) is 6.82. The van der Waals surface area contributed by atoms with Crippen molar-refractivity contribution in [1.29, 1.82) is 0 Å². The average Bonchev–Trinajstić information content (AvgIpc) is 2.81. The predicted molar refractivity (Wildman–Crippen MR) is 70.3 cm³/mol. The molecule has 1 unspecified atom stereocenters. The molecule has 1 aromatic heterocycles. The fourth-order valence-corrected chi connectivity index (χ4v) is 2.66. The minimum atomic E-state index is -0.688. The van der Waals surface area contributed by atoms with E-state index >= 15 is 0 Å². The van der Waals surface area contributed by atoms with Crippen LogP contribution in [0.1, 0.15) is 26.2 Å². The summed E-state index contributed by atoms with van der Waals surface area (Å²) in [6, 6.07) is 0.433. The van der Waals surface area contributed by atoms with E-state index in [9.17, 15) is 4.79 Å². The quantitative estimate of drug-likeness (QED) is 0.822. The van der Waals surface area contributed by atoms with Gasteiger partial charge in [-0.15, -0.1) is 5.10 Å². The van der Waals surface area contributed by atoms with Crippen molar-refractivity contribution >= 4 is 17.9 Å². The molecule has 1 fully saturated rings. The molecule has 2 aliphatic heterocycles. The maximum Gasteiger partial charge on any atom is 0.306 e. The van der Waals surface area contributed by atoms with Crippen LogP contribution in [-0.4, -0.2) is 45.0 Å². The first-order chi connectivity index (χ1) is 9.13. The van der Waals surface area contributed by atoms with Crippen molar-refractivity contribution in [2.45, 2.75) is 38.8 Å². The molecule has 7 nitrogen and oxygen atoms in total. The Labute approximate surface area is 111 Å². The number of carboxylic acid groups (broad SMARTS) is 1. The monoisotopic (exact) mass is 265 g/mol. The number of hydrogen-bond donors (Lipinski definition) is 2. The highest BCUT2D eigenvalue weighted by Crippen LogP contribution is 2.24. The number of nitrogens with one attached hydrogen (secondary N) is 1. The molecule has 3 rings (SSSR count). The van der Waals surface area contributed by atoms with Crippen LogP contribution in [0.15, 0.2) is 0 Å². The van der Waals surface area contributed by atoms with Crippen LogP contribution < -0.4 is 10.2 Å². The first kappa shape index (κ1) is 12.3. The minimum Gasteiger partial charge on any atom is -0.481 e. The fraction of sp³-hybridized carbons (Fsp3) is 0.750. The molecule has 3 heterocycles. The molecule has 0 aliphatic carbocycles. The number of aliphatic carboxylic acids is 1. The van der Waals surface area contributed by atoms with Crippen molar-refractivity contribution in [2.75, 3.05) is 23.3 Å². The Hall–Kier alpha value is -1.79. The third-order valence-electron chi connectivity index (χ3n) is 3.94. The molecule has 19 heavy (non-hydrogen) atoms. The third-order valence-corrected chi connectivity index (χ3v) is 3.94. The summed E-state index contributed by atoms with van der Waals surface area (Å²) < 4.78 is 1.90. The van der Waals surface area contributed by atoms with Gasteiger partial charge in [0, 0.05) is 25.7 Å². The van der Waals surface area contributed by atoms with Gasteiger partial charge in [-0.2, -0.15) is 4.98 Å². The molecule has 1 saturated heterocycles. The van der Waals surface area contributed by atoms with E-state index in [1.54, 1.807) is 0 Å². The number of aromatic nitrogens is 3. The lowest BCUT2D eigenvalue weighted by molar-refractivity contribution is -0.142. The van der Waals surface area contributed by atoms with E-state index in [0.717, 1.165) is 38.0 Å². The van der Waals surface area contributed by atoms with Gasteiger partial charge in [-0.05, 0) is 26.2 Å². The Morgan fingerprint density at radius 1 is 1.32 bits per heavy atom. The highest BCUT2D eigenvalue weighted by molar-refractivity contribution is 5.70. The van der Waals surface area contributed by atoms with Crippen LogP contribution in [0.3, 0.4) is 0 Å². The van der Waals surface area contributed by atoms with Crippen molar-refractivity contribution in [3.05, 3.63) is 0 Å². The van der Waals surface area contributed by atoms with Gasteiger partial charge in [0.05, 0.1) is 5.92 Å². The van der Waals surface area contributed by atoms with Crippen LogP contribution in [0.5, 0.6) is 0 Å². The lowest BCUT2D eigenvalue weighted by atomic mass is 9.97. The normalized spacial score (nSPS) is 23.8. The van der Waals surface area contributed by atoms with Gasteiger partial charge in [-0.25, -0.2) is 4.68 Å². The van der Waals surface area contributed by atoms with Crippen LogP contribution in [0.25, 0.3) is 0 Å². The topological polar surface area (TPSA) is 83.3 Å². The van der Waals surface area contributed by atoms with Crippen molar-refractivity contribution in [3.63, 3.8) is 0 Å². The van der Waals surface area contributed by atoms with Gasteiger partial charge in [0.1, 0.15) is 0 Å². The van der Waals surface area contributed by atoms with Crippen molar-refractivity contribution in [1.82, 2.24) is 14.8 Å². The number of piperidine rings is 1. The zero-order valence-corrected chi connectivity index (χ0v) is 11.0. The molecule has 0 bridgehead atoms. The van der Waals surface area contributed by atoms with Gasteiger partial charge in [0.2, 0.25) is 11.9 Å². The van der Waals surface area contributed by atoms with E-state index in [-0.39, 0.29) is 5.92 Å². The molecular weight excluding hydrogens is 246 g/mol. The molecule has 104 valence electrons. The standard InChI is InChI=1S/C12H19N5O2/c1-8-2-7-17-11(13-8)14-12(15-17)16-5-3-9(4-6-16)10(18)19/h8-9H,2-7H2,1H3,(H,18,19)(H,13,14,15). The van der Waals surface area contributed by atoms with Gasteiger partial charge >= 0.3 is 5.97 Å². The maximum absolute atomic E-state index is 10.9. The maximum atomic E-state index is 10.9. The lowest BCUT2D eigenvalue weighted by Crippen LogP contribution is -2.37. The average molecular weight is 265 g/mol. The summed E-state index contributed by atoms with van der Waals surface area (Å²) >= 11 is 0. The summed E-state index contributed by atoms with van der Waals surface area (Å²) in [5.41, 5.74) is 0. The van der Waals surface area contributed by atoms with Gasteiger partial charge in [-0.1, -0.05) is 0 Å². The first-order valence-corrected chi connectivity index (χ1v) is 6.82. The number of carbonyl (C=O) groups is 1. The number of fused-ring (bicyclic) bond motifs is 1. The molecule has 0 radical (unpaired) electrons. The van der Waals surface area contributed by atoms with E-state index < -0.39 is 5.97 Å². The molecule has 0 aromatic carbocycles. The number of carboxylic acids is 1. The predicted octanol–water partition coefficient (Wildman–Crippen LogP) is 0.783. The summed E-state index contributed by atoms with van der Waals surface area (Å²) in [4.78, 5) is 17.5. The molecule has 2 aliphatic rings. The largest absolute Gasteiger partial charge is 0.481 e. The third kappa shape index (κ3) is 2.36. The van der Waals surface area contributed by atoms with Crippen LogP contribution in [0.4, 0.5) is 11.9 Å². The van der Waals surface area contributed by atoms with Crippen LogP contribution in [0, 0.1) is 5.92 Å².